The van der Waals surface area contributed by atoms with Crippen LogP contribution in [0.3, 0.4) is 0 Å². The number of para-hydroxylation sites is 1. The molecule has 0 radical (unpaired) electrons. The molecule has 2 aliphatic rings. The molecular weight excluding hydrogens is 360 g/mol. The molecule has 0 unspecified atom stereocenters. The Balaban J connectivity index is 1.53. The first-order chi connectivity index (χ1) is 13.6. The number of carbonyl (C=O) groups excluding carboxylic acids is 2. The molecule has 0 aromatic heterocycles. The van der Waals surface area contributed by atoms with Gasteiger partial charge in [0.1, 0.15) is 11.8 Å². The first-order valence-corrected chi connectivity index (χ1v) is 9.04. The van der Waals surface area contributed by atoms with Crippen molar-refractivity contribution in [3.05, 3.63) is 48.5 Å². The van der Waals surface area contributed by atoms with Gasteiger partial charge in [-0.15, -0.1) is 0 Å². The van der Waals surface area contributed by atoms with Gasteiger partial charge in [0.05, 0.1) is 18.9 Å². The van der Waals surface area contributed by atoms with Gasteiger partial charge < -0.3 is 20.5 Å². The Kier molecular flexibility index (Phi) is 4.84. The fraction of sp³-hybridized carbons (Fsp3) is 0.250. The van der Waals surface area contributed by atoms with E-state index in [0.29, 0.717) is 36.1 Å². The zero-order valence-corrected chi connectivity index (χ0v) is 15.1. The molecule has 3 N–H and O–H groups in total. The SMILES string of the molecule is NC(=O)[C@@H]1CC(C(=O)Nc2ccc3c(c2)OCCCO3)=NN1c1ccccc1. The topological polar surface area (TPSA) is 106 Å². The number of fused-ring (bicyclic) bond motifs is 1. The van der Waals surface area contributed by atoms with Crippen LogP contribution < -0.4 is 25.5 Å². The van der Waals surface area contributed by atoms with Crippen LogP contribution in [-0.4, -0.2) is 36.8 Å². The van der Waals surface area contributed by atoms with E-state index >= 15 is 0 Å². The molecule has 2 aromatic carbocycles. The Labute approximate surface area is 161 Å². The van der Waals surface area contributed by atoms with Gasteiger partial charge in [-0.2, -0.15) is 5.10 Å². The third kappa shape index (κ3) is 3.62. The van der Waals surface area contributed by atoms with Gasteiger partial charge in [-0.25, -0.2) is 0 Å². The Hall–Kier alpha value is -3.55. The number of hydrogen-bond acceptors (Lipinski definition) is 6. The van der Waals surface area contributed by atoms with Crippen LogP contribution in [0.2, 0.25) is 0 Å². The van der Waals surface area contributed by atoms with Crippen LogP contribution in [0.25, 0.3) is 0 Å². The van der Waals surface area contributed by atoms with Crippen LogP contribution in [0.1, 0.15) is 12.8 Å². The van der Waals surface area contributed by atoms with Crippen molar-refractivity contribution < 1.29 is 19.1 Å². The molecule has 0 fully saturated rings. The summed E-state index contributed by atoms with van der Waals surface area (Å²) in [5.74, 6) is 0.312. The highest BCUT2D eigenvalue weighted by Crippen LogP contribution is 2.32. The minimum absolute atomic E-state index is 0.139. The van der Waals surface area contributed by atoms with Gasteiger partial charge in [0.15, 0.2) is 11.5 Å². The van der Waals surface area contributed by atoms with Gasteiger partial charge in [0, 0.05) is 24.6 Å². The summed E-state index contributed by atoms with van der Waals surface area (Å²) < 4.78 is 11.2. The normalized spacial score (nSPS) is 18.2. The van der Waals surface area contributed by atoms with E-state index in [2.05, 4.69) is 10.4 Å². The molecule has 4 rings (SSSR count). The first kappa shape index (κ1) is 17.8. The van der Waals surface area contributed by atoms with Crippen LogP contribution in [0, 0.1) is 0 Å². The maximum atomic E-state index is 12.7. The summed E-state index contributed by atoms with van der Waals surface area (Å²) in [6, 6.07) is 13.7. The molecule has 8 nitrogen and oxygen atoms in total. The highest BCUT2D eigenvalue weighted by molar-refractivity contribution is 6.44. The maximum absolute atomic E-state index is 12.7. The number of benzene rings is 2. The van der Waals surface area contributed by atoms with Crippen LogP contribution >= 0.6 is 0 Å². The largest absolute Gasteiger partial charge is 0.490 e. The number of rotatable bonds is 4. The predicted molar refractivity (Wildman–Crippen MR) is 105 cm³/mol. The van der Waals surface area contributed by atoms with E-state index in [1.807, 2.05) is 30.3 Å². The molecule has 0 aliphatic carbocycles. The fourth-order valence-corrected chi connectivity index (χ4v) is 3.13. The van der Waals surface area contributed by atoms with Gasteiger partial charge in [0.25, 0.3) is 5.91 Å². The number of hydrazone groups is 1. The molecule has 28 heavy (non-hydrogen) atoms. The summed E-state index contributed by atoms with van der Waals surface area (Å²) in [6.45, 7) is 1.16. The van der Waals surface area contributed by atoms with Crippen molar-refractivity contribution in [3.63, 3.8) is 0 Å². The average Bonchev–Trinajstić information content (AvgIpc) is 3.03. The molecule has 0 saturated heterocycles. The number of nitrogens with two attached hydrogens (primary N) is 1. The Bertz CT molecular complexity index is 929. The zero-order chi connectivity index (χ0) is 19.5. The predicted octanol–water partition coefficient (Wildman–Crippen LogP) is 1.91. The van der Waals surface area contributed by atoms with Crippen LogP contribution in [0.4, 0.5) is 11.4 Å². The maximum Gasteiger partial charge on any atom is 0.271 e. The molecule has 0 spiro atoms. The van der Waals surface area contributed by atoms with Gasteiger partial charge in [-0.05, 0) is 24.3 Å². The number of carbonyl (C=O) groups is 2. The number of anilines is 2. The molecule has 8 heteroatoms. The molecule has 0 saturated carbocycles. The van der Waals surface area contributed by atoms with E-state index in [-0.39, 0.29) is 18.0 Å². The second kappa shape index (κ2) is 7.59. The van der Waals surface area contributed by atoms with Crippen molar-refractivity contribution in [2.45, 2.75) is 18.9 Å². The van der Waals surface area contributed by atoms with Crippen molar-refractivity contribution in [1.82, 2.24) is 0 Å². The lowest BCUT2D eigenvalue weighted by molar-refractivity contribution is -0.119. The van der Waals surface area contributed by atoms with E-state index < -0.39 is 11.9 Å². The highest BCUT2D eigenvalue weighted by Gasteiger charge is 2.35. The smallest absolute Gasteiger partial charge is 0.271 e. The standard InChI is InChI=1S/C20H20N4O4/c21-19(25)16-12-15(23-24(16)14-5-2-1-3-6-14)20(26)22-13-7-8-17-18(11-13)28-10-4-9-27-17/h1-3,5-8,11,16H,4,9-10,12H2,(H2,21,25)(H,22,26)/t16-/m0/s1. The summed E-state index contributed by atoms with van der Waals surface area (Å²) in [7, 11) is 0. The first-order valence-electron chi connectivity index (χ1n) is 9.04. The van der Waals surface area contributed by atoms with Crippen molar-refractivity contribution in [2.75, 3.05) is 23.5 Å². The quantitative estimate of drug-likeness (QED) is 0.843. The number of nitrogens with zero attached hydrogens (tertiary/aromatic N) is 2. The summed E-state index contributed by atoms with van der Waals surface area (Å²) in [6.07, 6.45) is 0.942. The second-order valence-corrected chi connectivity index (χ2v) is 6.52. The Morgan fingerprint density at radius 1 is 1.07 bits per heavy atom. The summed E-state index contributed by atoms with van der Waals surface area (Å²) in [5.41, 5.74) is 7.01. The molecule has 144 valence electrons. The van der Waals surface area contributed by atoms with Crippen molar-refractivity contribution in [1.29, 1.82) is 0 Å². The van der Waals surface area contributed by atoms with Crippen molar-refractivity contribution in [3.8, 4) is 11.5 Å². The lowest BCUT2D eigenvalue weighted by Gasteiger charge is -2.20. The van der Waals surface area contributed by atoms with Crippen LogP contribution in [-0.2, 0) is 9.59 Å². The number of ether oxygens (including phenoxy) is 2. The molecule has 2 aliphatic heterocycles. The number of nitrogens with one attached hydrogen (secondary N) is 1. The lowest BCUT2D eigenvalue weighted by Crippen LogP contribution is -2.39. The van der Waals surface area contributed by atoms with Gasteiger partial charge >= 0.3 is 0 Å². The average molecular weight is 380 g/mol. The summed E-state index contributed by atoms with van der Waals surface area (Å²) >= 11 is 0. The highest BCUT2D eigenvalue weighted by atomic mass is 16.5. The van der Waals surface area contributed by atoms with Crippen LogP contribution in [0.5, 0.6) is 11.5 Å². The third-order valence-electron chi connectivity index (χ3n) is 4.53. The van der Waals surface area contributed by atoms with E-state index in [4.69, 9.17) is 15.2 Å². The second-order valence-electron chi connectivity index (χ2n) is 6.52. The third-order valence-corrected chi connectivity index (χ3v) is 4.53. The fourth-order valence-electron chi connectivity index (χ4n) is 3.13. The summed E-state index contributed by atoms with van der Waals surface area (Å²) in [4.78, 5) is 24.6. The molecule has 2 heterocycles. The van der Waals surface area contributed by atoms with Gasteiger partial charge in [-0.1, -0.05) is 18.2 Å². The Morgan fingerprint density at radius 3 is 2.57 bits per heavy atom. The Morgan fingerprint density at radius 2 is 1.82 bits per heavy atom. The van der Waals surface area contributed by atoms with Gasteiger partial charge in [0.2, 0.25) is 5.91 Å². The van der Waals surface area contributed by atoms with Gasteiger partial charge in [-0.3, -0.25) is 14.6 Å². The molecule has 2 amide bonds. The van der Waals surface area contributed by atoms with E-state index in [1.165, 1.54) is 5.01 Å². The number of amides is 2. The lowest BCUT2D eigenvalue weighted by atomic mass is 10.1. The zero-order valence-electron chi connectivity index (χ0n) is 15.1. The molecule has 1 atom stereocenters. The van der Waals surface area contributed by atoms with E-state index in [9.17, 15) is 9.59 Å². The van der Waals surface area contributed by atoms with Crippen molar-refractivity contribution >= 4 is 28.9 Å². The number of hydrogen-bond donors (Lipinski definition) is 2. The minimum atomic E-state index is -0.702. The van der Waals surface area contributed by atoms with E-state index in [1.54, 1.807) is 18.2 Å². The molecule has 2 aromatic rings. The monoisotopic (exact) mass is 380 g/mol. The van der Waals surface area contributed by atoms with E-state index in [0.717, 1.165) is 6.42 Å². The van der Waals surface area contributed by atoms with Crippen molar-refractivity contribution in [2.24, 2.45) is 10.8 Å². The van der Waals surface area contributed by atoms with Crippen LogP contribution in [0.15, 0.2) is 53.6 Å². The molecular formula is C20H20N4O4. The minimum Gasteiger partial charge on any atom is -0.490 e. The number of primary amides is 1. The molecule has 0 bridgehead atoms. The summed E-state index contributed by atoms with van der Waals surface area (Å²) in [5, 5.41) is 8.63.